The molecule has 0 aliphatic carbocycles. The second-order valence-corrected chi connectivity index (χ2v) is 8.98. The summed E-state index contributed by atoms with van der Waals surface area (Å²) in [5.41, 5.74) is 1.61. The first-order valence-electron chi connectivity index (χ1n) is 10.3. The summed E-state index contributed by atoms with van der Waals surface area (Å²) in [5.74, 6) is -2.00. The maximum Gasteiger partial charge on any atom is 0.250 e. The van der Waals surface area contributed by atoms with Gasteiger partial charge in [0.25, 0.3) is 0 Å². The molecule has 2 aromatic carbocycles. The zero-order valence-electron chi connectivity index (χ0n) is 16.4. The summed E-state index contributed by atoms with van der Waals surface area (Å²) in [6.07, 6.45) is 1.71. The first kappa shape index (κ1) is 18.1. The Hall–Kier alpha value is -2.70. The first-order valence-corrected chi connectivity index (χ1v) is 10.7. The Labute approximate surface area is 178 Å². The van der Waals surface area contributed by atoms with E-state index in [4.69, 9.17) is 11.6 Å². The van der Waals surface area contributed by atoms with Gasteiger partial charge in [-0.05, 0) is 50.1 Å². The second kappa shape index (κ2) is 5.93. The quantitative estimate of drug-likeness (QED) is 0.718. The van der Waals surface area contributed by atoms with Crippen molar-refractivity contribution in [2.45, 2.75) is 31.3 Å². The van der Waals surface area contributed by atoms with Crippen molar-refractivity contribution in [3.8, 4) is 0 Å². The van der Waals surface area contributed by atoms with Crippen molar-refractivity contribution >= 4 is 40.7 Å². The lowest BCUT2D eigenvalue weighted by atomic mass is 9.75. The number of benzene rings is 2. The number of amides is 3. The maximum absolute atomic E-state index is 13.9. The lowest BCUT2D eigenvalue weighted by molar-refractivity contribution is -0.135. The van der Waals surface area contributed by atoms with E-state index in [1.165, 1.54) is 4.90 Å². The van der Waals surface area contributed by atoms with Gasteiger partial charge in [0.1, 0.15) is 5.54 Å². The average Bonchev–Trinajstić information content (AvgIpc) is 3.43. The topological polar surface area (TPSA) is 69.7 Å². The van der Waals surface area contributed by atoms with Gasteiger partial charge in [0.2, 0.25) is 17.7 Å². The van der Waals surface area contributed by atoms with E-state index in [0.717, 1.165) is 24.1 Å². The molecule has 0 bridgehead atoms. The first-order chi connectivity index (χ1) is 14.5. The van der Waals surface area contributed by atoms with Crippen LogP contribution < -0.4 is 10.2 Å². The van der Waals surface area contributed by atoms with Crippen LogP contribution in [0, 0.1) is 18.8 Å². The van der Waals surface area contributed by atoms with Gasteiger partial charge in [0, 0.05) is 22.3 Å². The van der Waals surface area contributed by atoms with Gasteiger partial charge in [-0.1, -0.05) is 35.9 Å². The molecular formula is C23H20ClN3O3. The molecule has 3 fully saturated rings. The van der Waals surface area contributed by atoms with Crippen molar-refractivity contribution in [3.05, 3.63) is 58.6 Å². The van der Waals surface area contributed by atoms with E-state index in [-0.39, 0.29) is 23.8 Å². The van der Waals surface area contributed by atoms with E-state index in [1.54, 1.807) is 18.2 Å². The summed E-state index contributed by atoms with van der Waals surface area (Å²) >= 11 is 6.29. The summed E-state index contributed by atoms with van der Waals surface area (Å²) in [4.78, 5) is 44.4. The number of carbonyl (C=O) groups is 3. The number of nitrogens with zero attached hydrogens (tertiary/aromatic N) is 2. The predicted molar refractivity (Wildman–Crippen MR) is 112 cm³/mol. The average molecular weight is 422 g/mol. The SMILES string of the molecule is Cc1c(Cl)cccc1N1C(=O)[C@@H]2[C@H]3CCCN3[C@@]3(C(=O)Nc4ccccc43)[C@@H]2C1=O. The zero-order chi connectivity index (χ0) is 20.8. The second-order valence-electron chi connectivity index (χ2n) is 8.57. The largest absolute Gasteiger partial charge is 0.324 e. The summed E-state index contributed by atoms with van der Waals surface area (Å²) in [7, 11) is 0. The molecule has 2 aromatic rings. The number of nitrogens with one attached hydrogen (secondary N) is 1. The third-order valence-electron chi connectivity index (χ3n) is 7.38. The highest BCUT2D eigenvalue weighted by molar-refractivity contribution is 6.32. The fourth-order valence-electron chi connectivity index (χ4n) is 6.23. The Bertz CT molecular complexity index is 1150. The van der Waals surface area contributed by atoms with E-state index >= 15 is 0 Å². The van der Waals surface area contributed by atoms with Crippen LogP contribution in [0.1, 0.15) is 24.0 Å². The number of hydrogen-bond acceptors (Lipinski definition) is 4. The van der Waals surface area contributed by atoms with Gasteiger partial charge in [0.15, 0.2) is 0 Å². The van der Waals surface area contributed by atoms with Gasteiger partial charge in [-0.15, -0.1) is 0 Å². The third kappa shape index (κ3) is 1.92. The van der Waals surface area contributed by atoms with E-state index in [9.17, 15) is 14.4 Å². The molecule has 6 rings (SSSR count). The summed E-state index contributed by atoms with van der Waals surface area (Å²) in [6, 6.07) is 12.7. The van der Waals surface area contributed by atoms with Crippen LogP contribution in [0.15, 0.2) is 42.5 Å². The molecular weight excluding hydrogens is 402 g/mol. The van der Waals surface area contributed by atoms with Crippen molar-refractivity contribution in [2.75, 3.05) is 16.8 Å². The Morgan fingerprint density at radius 1 is 1.07 bits per heavy atom. The lowest BCUT2D eigenvalue weighted by Gasteiger charge is -2.36. The summed E-state index contributed by atoms with van der Waals surface area (Å²) in [5, 5.41) is 3.49. The lowest BCUT2D eigenvalue weighted by Crippen LogP contribution is -2.54. The van der Waals surface area contributed by atoms with E-state index < -0.39 is 17.4 Å². The maximum atomic E-state index is 13.9. The van der Waals surface area contributed by atoms with Gasteiger partial charge >= 0.3 is 0 Å². The summed E-state index contributed by atoms with van der Waals surface area (Å²) in [6.45, 7) is 2.51. The molecule has 0 unspecified atom stereocenters. The van der Waals surface area contributed by atoms with Gasteiger partial charge in [-0.2, -0.15) is 0 Å². The molecule has 6 nitrogen and oxygen atoms in total. The van der Waals surface area contributed by atoms with Crippen molar-refractivity contribution in [1.29, 1.82) is 0 Å². The molecule has 0 radical (unpaired) electrons. The number of imide groups is 1. The van der Waals surface area contributed by atoms with Crippen LogP contribution in [0.3, 0.4) is 0 Å². The normalized spacial score (nSPS) is 32.0. The number of hydrogen-bond donors (Lipinski definition) is 1. The molecule has 0 aromatic heterocycles. The number of carbonyl (C=O) groups excluding carboxylic acids is 3. The molecule has 1 spiro atoms. The van der Waals surface area contributed by atoms with Crippen LogP contribution in [0.4, 0.5) is 11.4 Å². The molecule has 30 heavy (non-hydrogen) atoms. The van der Waals surface area contributed by atoms with Crippen LogP contribution in [-0.4, -0.2) is 35.2 Å². The molecule has 4 heterocycles. The molecule has 3 saturated heterocycles. The molecule has 152 valence electrons. The fraction of sp³-hybridized carbons (Fsp3) is 0.348. The Balaban J connectivity index is 1.57. The van der Waals surface area contributed by atoms with Crippen LogP contribution >= 0.6 is 11.6 Å². The highest BCUT2D eigenvalue weighted by atomic mass is 35.5. The highest BCUT2D eigenvalue weighted by Gasteiger charge is 2.74. The number of halogens is 1. The molecule has 4 atom stereocenters. The number of fused-ring (bicyclic) bond motifs is 7. The Kier molecular flexibility index (Phi) is 3.58. The smallest absolute Gasteiger partial charge is 0.250 e. The molecule has 1 N–H and O–H groups in total. The standard InChI is InChI=1S/C23H20ClN3O3/c1-12-14(24)7-4-9-16(12)27-20(28)18-17-10-5-11-26(17)23(19(18)21(27)29)13-6-2-3-8-15(13)25-22(23)30/h2-4,6-9,17-19H,5,10-11H2,1H3,(H,25,30)/t17-,18-,19+,23-/m1/s1. The number of anilines is 2. The Morgan fingerprint density at radius 2 is 1.87 bits per heavy atom. The molecule has 0 saturated carbocycles. The zero-order valence-corrected chi connectivity index (χ0v) is 17.1. The molecule has 4 aliphatic heterocycles. The van der Waals surface area contributed by atoms with E-state index in [0.29, 0.717) is 22.8 Å². The van der Waals surface area contributed by atoms with Crippen molar-refractivity contribution in [3.63, 3.8) is 0 Å². The Morgan fingerprint density at radius 3 is 2.70 bits per heavy atom. The molecule has 3 amide bonds. The minimum absolute atomic E-state index is 0.118. The van der Waals surface area contributed by atoms with Crippen LogP contribution in [0.5, 0.6) is 0 Å². The van der Waals surface area contributed by atoms with Gasteiger partial charge < -0.3 is 5.32 Å². The van der Waals surface area contributed by atoms with Crippen molar-refractivity contribution in [2.24, 2.45) is 11.8 Å². The monoisotopic (exact) mass is 421 g/mol. The fourth-order valence-corrected chi connectivity index (χ4v) is 6.40. The van der Waals surface area contributed by atoms with E-state index in [2.05, 4.69) is 10.2 Å². The van der Waals surface area contributed by atoms with Crippen LogP contribution in [0.25, 0.3) is 0 Å². The minimum Gasteiger partial charge on any atom is -0.324 e. The van der Waals surface area contributed by atoms with Gasteiger partial charge in [-0.3, -0.25) is 19.3 Å². The minimum atomic E-state index is -1.13. The summed E-state index contributed by atoms with van der Waals surface area (Å²) < 4.78 is 0. The van der Waals surface area contributed by atoms with Crippen molar-refractivity contribution < 1.29 is 14.4 Å². The van der Waals surface area contributed by atoms with Crippen LogP contribution in [0.2, 0.25) is 5.02 Å². The van der Waals surface area contributed by atoms with E-state index in [1.807, 2.05) is 31.2 Å². The third-order valence-corrected chi connectivity index (χ3v) is 7.79. The highest BCUT2D eigenvalue weighted by Crippen LogP contribution is 2.60. The van der Waals surface area contributed by atoms with Crippen molar-refractivity contribution in [1.82, 2.24) is 4.90 Å². The van der Waals surface area contributed by atoms with Gasteiger partial charge in [0.05, 0.1) is 17.5 Å². The molecule has 4 aliphatic rings. The number of rotatable bonds is 1. The molecule has 7 heteroatoms. The predicted octanol–water partition coefficient (Wildman–Crippen LogP) is 3.08. The van der Waals surface area contributed by atoms with Gasteiger partial charge in [-0.25, -0.2) is 4.90 Å². The number of para-hydroxylation sites is 1. The van der Waals surface area contributed by atoms with Crippen LogP contribution in [-0.2, 0) is 19.9 Å².